The number of hydrogen-bond acceptors (Lipinski definition) is 2. The van der Waals surface area contributed by atoms with E-state index in [4.69, 9.17) is 0 Å². The van der Waals surface area contributed by atoms with Gasteiger partial charge in [0.1, 0.15) is 5.82 Å². The molecular weight excluding hydrogens is 466 g/mol. The van der Waals surface area contributed by atoms with Gasteiger partial charge in [-0.05, 0) is 72.2 Å². The number of benzene rings is 2. The monoisotopic (exact) mass is 483 g/mol. The number of alkyl halides is 3. The van der Waals surface area contributed by atoms with E-state index in [1.807, 2.05) is 24.3 Å². The standard InChI is InChI=1S/C20H17F3IN3/c21-20(22,23)17-7-2-1-5-15(17)18-16-6-3-4-12-25-19(16)27(26-18)14-10-8-13(24)9-11-14/h1-2,5,7-11,25H,3-4,6,12H2. The quantitative estimate of drug-likeness (QED) is 0.460. The molecule has 1 aliphatic heterocycles. The van der Waals surface area contributed by atoms with Crippen molar-refractivity contribution in [3.05, 3.63) is 63.2 Å². The molecule has 0 unspecified atom stereocenters. The van der Waals surface area contributed by atoms with Gasteiger partial charge in [-0.25, -0.2) is 4.68 Å². The van der Waals surface area contributed by atoms with Crippen LogP contribution < -0.4 is 5.32 Å². The molecule has 0 amide bonds. The summed E-state index contributed by atoms with van der Waals surface area (Å²) >= 11 is 2.22. The lowest BCUT2D eigenvalue weighted by molar-refractivity contribution is -0.137. The van der Waals surface area contributed by atoms with Crippen LogP contribution in [0.15, 0.2) is 48.5 Å². The number of aromatic nitrogens is 2. The summed E-state index contributed by atoms with van der Waals surface area (Å²) in [7, 11) is 0. The molecule has 27 heavy (non-hydrogen) atoms. The Kier molecular flexibility index (Phi) is 4.88. The van der Waals surface area contributed by atoms with Crippen LogP contribution in [0.4, 0.5) is 19.0 Å². The van der Waals surface area contributed by atoms with E-state index in [9.17, 15) is 13.2 Å². The molecule has 2 heterocycles. The minimum absolute atomic E-state index is 0.134. The molecular formula is C20H17F3IN3. The average Bonchev–Trinajstić information content (AvgIpc) is 2.83. The first-order valence-electron chi connectivity index (χ1n) is 8.73. The highest BCUT2D eigenvalue weighted by atomic mass is 127. The normalized spacial score (nSPS) is 14.4. The van der Waals surface area contributed by atoms with Crippen molar-refractivity contribution in [3.8, 4) is 16.9 Å². The molecule has 0 atom stereocenters. The van der Waals surface area contributed by atoms with Crippen molar-refractivity contribution < 1.29 is 13.2 Å². The maximum Gasteiger partial charge on any atom is 0.417 e. The Labute approximate surface area is 168 Å². The largest absolute Gasteiger partial charge is 0.417 e. The van der Waals surface area contributed by atoms with Gasteiger partial charge in [-0.3, -0.25) is 0 Å². The molecule has 4 rings (SSSR count). The molecule has 0 radical (unpaired) electrons. The maximum absolute atomic E-state index is 13.6. The molecule has 0 saturated carbocycles. The smallest absolute Gasteiger partial charge is 0.370 e. The van der Waals surface area contributed by atoms with Crippen LogP contribution in [0.5, 0.6) is 0 Å². The minimum atomic E-state index is -4.42. The third kappa shape index (κ3) is 3.56. The molecule has 0 bridgehead atoms. The van der Waals surface area contributed by atoms with Crippen LogP contribution in [0.25, 0.3) is 16.9 Å². The van der Waals surface area contributed by atoms with Crippen LogP contribution in [-0.4, -0.2) is 16.3 Å². The van der Waals surface area contributed by atoms with Crippen molar-refractivity contribution in [2.75, 3.05) is 11.9 Å². The Bertz CT molecular complexity index is 962. The van der Waals surface area contributed by atoms with Crippen LogP contribution in [0, 0.1) is 3.57 Å². The molecule has 3 aromatic rings. The topological polar surface area (TPSA) is 29.9 Å². The Balaban J connectivity index is 1.94. The highest BCUT2D eigenvalue weighted by molar-refractivity contribution is 14.1. The van der Waals surface area contributed by atoms with E-state index in [1.165, 1.54) is 12.1 Å². The molecule has 1 N–H and O–H groups in total. The summed E-state index contributed by atoms with van der Waals surface area (Å²) in [5, 5.41) is 8.00. The van der Waals surface area contributed by atoms with Crippen molar-refractivity contribution in [1.82, 2.24) is 9.78 Å². The van der Waals surface area contributed by atoms with Gasteiger partial charge in [-0.1, -0.05) is 18.2 Å². The predicted octanol–water partition coefficient (Wildman–Crippen LogP) is 5.91. The summed E-state index contributed by atoms with van der Waals surface area (Å²) in [4.78, 5) is 0. The molecule has 2 aromatic carbocycles. The number of nitrogens with zero attached hydrogens (tertiary/aromatic N) is 2. The Hall–Kier alpha value is -2.03. The van der Waals surface area contributed by atoms with Crippen molar-refractivity contribution >= 4 is 28.4 Å². The number of fused-ring (bicyclic) bond motifs is 1. The Morgan fingerprint density at radius 1 is 1.00 bits per heavy atom. The summed E-state index contributed by atoms with van der Waals surface area (Å²) in [6, 6.07) is 13.5. The molecule has 3 nitrogen and oxygen atoms in total. The van der Waals surface area contributed by atoms with E-state index in [0.717, 1.165) is 46.1 Å². The van der Waals surface area contributed by atoms with Gasteiger partial charge in [-0.15, -0.1) is 0 Å². The van der Waals surface area contributed by atoms with Crippen LogP contribution in [0.3, 0.4) is 0 Å². The molecule has 1 aromatic heterocycles. The molecule has 0 aliphatic carbocycles. The molecule has 0 saturated heterocycles. The zero-order valence-electron chi connectivity index (χ0n) is 14.4. The Morgan fingerprint density at radius 3 is 2.48 bits per heavy atom. The zero-order valence-corrected chi connectivity index (χ0v) is 16.5. The maximum atomic E-state index is 13.6. The lowest BCUT2D eigenvalue weighted by Gasteiger charge is -2.12. The first-order chi connectivity index (χ1) is 12.9. The fourth-order valence-electron chi connectivity index (χ4n) is 3.42. The van der Waals surface area contributed by atoms with Gasteiger partial charge >= 0.3 is 6.18 Å². The van der Waals surface area contributed by atoms with Crippen molar-refractivity contribution in [3.63, 3.8) is 0 Å². The van der Waals surface area contributed by atoms with E-state index in [2.05, 4.69) is 33.0 Å². The third-order valence-corrected chi connectivity index (χ3v) is 5.41. The minimum Gasteiger partial charge on any atom is -0.370 e. The van der Waals surface area contributed by atoms with E-state index in [0.29, 0.717) is 12.1 Å². The molecule has 1 aliphatic rings. The first-order valence-corrected chi connectivity index (χ1v) is 9.81. The SMILES string of the molecule is FC(F)(F)c1ccccc1-c1nn(-c2ccc(I)cc2)c2c1CCCCN2. The molecule has 0 fully saturated rings. The summed E-state index contributed by atoms with van der Waals surface area (Å²) < 4.78 is 43.5. The van der Waals surface area contributed by atoms with Gasteiger partial charge in [0.25, 0.3) is 0 Å². The van der Waals surface area contributed by atoms with E-state index < -0.39 is 11.7 Å². The number of rotatable bonds is 2. The second-order valence-electron chi connectivity index (χ2n) is 6.49. The highest BCUT2D eigenvalue weighted by Crippen LogP contribution is 2.40. The second-order valence-corrected chi connectivity index (χ2v) is 7.74. The fourth-order valence-corrected chi connectivity index (χ4v) is 3.78. The number of hydrogen-bond donors (Lipinski definition) is 1. The number of nitrogens with one attached hydrogen (secondary N) is 1. The summed E-state index contributed by atoms with van der Waals surface area (Å²) in [5.74, 6) is 0.792. The van der Waals surface area contributed by atoms with Crippen molar-refractivity contribution in [1.29, 1.82) is 0 Å². The highest BCUT2D eigenvalue weighted by Gasteiger charge is 2.35. The van der Waals surface area contributed by atoms with Gasteiger partial charge in [0.2, 0.25) is 0 Å². The van der Waals surface area contributed by atoms with E-state index >= 15 is 0 Å². The predicted molar refractivity (Wildman–Crippen MR) is 108 cm³/mol. The average molecular weight is 483 g/mol. The second kappa shape index (κ2) is 7.18. The fraction of sp³-hybridized carbons (Fsp3) is 0.250. The van der Waals surface area contributed by atoms with Crippen molar-refractivity contribution in [2.24, 2.45) is 0 Å². The van der Waals surface area contributed by atoms with Crippen LogP contribution >= 0.6 is 22.6 Å². The molecule has 0 spiro atoms. The van der Waals surface area contributed by atoms with E-state index in [-0.39, 0.29) is 5.56 Å². The Morgan fingerprint density at radius 2 is 1.74 bits per heavy atom. The lowest BCUT2D eigenvalue weighted by atomic mass is 9.99. The van der Waals surface area contributed by atoms with Crippen LogP contribution in [-0.2, 0) is 12.6 Å². The van der Waals surface area contributed by atoms with E-state index in [1.54, 1.807) is 10.7 Å². The van der Waals surface area contributed by atoms with Crippen LogP contribution in [0.2, 0.25) is 0 Å². The van der Waals surface area contributed by atoms with Gasteiger partial charge in [0.15, 0.2) is 0 Å². The van der Waals surface area contributed by atoms with Gasteiger partial charge < -0.3 is 5.32 Å². The number of anilines is 1. The number of halogens is 4. The van der Waals surface area contributed by atoms with Crippen LogP contribution in [0.1, 0.15) is 24.0 Å². The third-order valence-electron chi connectivity index (χ3n) is 4.69. The first kappa shape index (κ1) is 18.3. The molecule has 7 heteroatoms. The van der Waals surface area contributed by atoms with Gasteiger partial charge in [0.05, 0.1) is 16.9 Å². The summed E-state index contributed by atoms with van der Waals surface area (Å²) in [6.45, 7) is 0.781. The van der Waals surface area contributed by atoms with Gasteiger partial charge in [0, 0.05) is 21.2 Å². The molecule has 140 valence electrons. The van der Waals surface area contributed by atoms with Gasteiger partial charge in [-0.2, -0.15) is 18.3 Å². The summed E-state index contributed by atoms with van der Waals surface area (Å²) in [6.07, 6.45) is -1.83. The summed E-state index contributed by atoms with van der Waals surface area (Å²) in [5.41, 5.74) is 1.57. The zero-order chi connectivity index (χ0) is 19.0. The van der Waals surface area contributed by atoms with Crippen molar-refractivity contribution in [2.45, 2.75) is 25.4 Å². The lowest BCUT2D eigenvalue weighted by Crippen LogP contribution is -2.08.